The fraction of sp³-hybridized carbons (Fsp3) is 0.364. The van der Waals surface area contributed by atoms with Crippen LogP contribution >= 0.6 is 0 Å². The molecule has 1 aromatic rings. The number of ether oxygens (including phenoxy) is 1. The van der Waals surface area contributed by atoms with E-state index < -0.39 is 32.8 Å². The van der Waals surface area contributed by atoms with Gasteiger partial charge in [0.15, 0.2) is 16.4 Å². The Morgan fingerprint density at radius 2 is 1.68 bits per heavy atom. The van der Waals surface area contributed by atoms with E-state index in [0.29, 0.717) is 0 Å². The van der Waals surface area contributed by atoms with Gasteiger partial charge in [-0.15, -0.1) is 0 Å². The quantitative estimate of drug-likeness (QED) is 0.927. The second-order valence-electron chi connectivity index (χ2n) is 4.10. The van der Waals surface area contributed by atoms with Crippen molar-refractivity contribution in [1.82, 2.24) is 0 Å². The molecular formula is C11H11F3O4S. The smallest absolute Gasteiger partial charge is 0.475 e. The summed E-state index contributed by atoms with van der Waals surface area (Å²) in [5, 5.41) is 8.83. The van der Waals surface area contributed by atoms with Crippen molar-refractivity contribution < 1.29 is 32.0 Å². The van der Waals surface area contributed by atoms with Crippen LogP contribution in [0.4, 0.5) is 13.2 Å². The van der Waals surface area contributed by atoms with E-state index in [1.54, 1.807) is 0 Å². The van der Waals surface area contributed by atoms with Gasteiger partial charge >= 0.3 is 11.5 Å². The maximum Gasteiger partial charge on any atom is 0.475 e. The monoisotopic (exact) mass is 296 g/mol. The summed E-state index contributed by atoms with van der Waals surface area (Å²) in [6.45, 7) is 2.61. The molecule has 0 aliphatic carbocycles. The highest BCUT2D eigenvalue weighted by atomic mass is 32.2. The van der Waals surface area contributed by atoms with Crippen LogP contribution in [0.5, 0.6) is 5.75 Å². The normalized spacial score (nSPS) is 13.9. The number of halogens is 3. The molecule has 19 heavy (non-hydrogen) atoms. The van der Waals surface area contributed by atoms with Crippen molar-refractivity contribution >= 4 is 16.8 Å². The summed E-state index contributed by atoms with van der Waals surface area (Å²) in [7, 11) is -3.11. The molecule has 0 heterocycles. The number of benzene rings is 1. The first-order chi connectivity index (χ1) is 8.54. The number of carbonyl (C=O) groups is 1. The Balaban J connectivity index is 2.89. The molecule has 0 spiro atoms. The summed E-state index contributed by atoms with van der Waals surface area (Å²) in [5.74, 6) is -1.13. The molecule has 1 aromatic carbocycles. The van der Waals surface area contributed by atoms with Crippen molar-refractivity contribution in [2.75, 3.05) is 0 Å². The Kier molecular flexibility index (Phi) is 4.24. The fourth-order valence-electron chi connectivity index (χ4n) is 1.10. The molecule has 4 nitrogen and oxygen atoms in total. The first-order valence-electron chi connectivity index (χ1n) is 5.05. The van der Waals surface area contributed by atoms with Gasteiger partial charge in [-0.2, -0.15) is 13.2 Å². The van der Waals surface area contributed by atoms with E-state index in [-0.39, 0.29) is 5.75 Å². The predicted molar refractivity (Wildman–Crippen MR) is 61.2 cm³/mol. The molecule has 106 valence electrons. The molecule has 0 aromatic heterocycles. The zero-order valence-corrected chi connectivity index (χ0v) is 10.8. The van der Waals surface area contributed by atoms with E-state index >= 15 is 0 Å². The van der Waals surface area contributed by atoms with Crippen molar-refractivity contribution in [3.63, 3.8) is 0 Å². The number of hydrogen-bond acceptors (Lipinski definition) is 3. The fourth-order valence-corrected chi connectivity index (χ4v) is 1.75. The number of carboxylic acid groups (broad SMARTS) is 1. The lowest BCUT2D eigenvalue weighted by Crippen LogP contribution is -2.37. The molecule has 1 atom stereocenters. The molecule has 0 saturated carbocycles. The lowest BCUT2D eigenvalue weighted by molar-refractivity contribution is -0.152. The van der Waals surface area contributed by atoms with Crippen molar-refractivity contribution in [2.24, 2.45) is 0 Å². The van der Waals surface area contributed by atoms with Gasteiger partial charge < -0.3 is 9.84 Å². The van der Waals surface area contributed by atoms with Crippen LogP contribution in [0.3, 0.4) is 0 Å². The van der Waals surface area contributed by atoms with Gasteiger partial charge in [-0.05, 0) is 38.1 Å². The molecule has 0 fully saturated rings. The van der Waals surface area contributed by atoms with Gasteiger partial charge in [0.2, 0.25) is 0 Å². The number of carboxylic acids is 1. The van der Waals surface area contributed by atoms with Crippen molar-refractivity contribution in [1.29, 1.82) is 0 Å². The van der Waals surface area contributed by atoms with Crippen LogP contribution in [0, 0.1) is 0 Å². The SMILES string of the molecule is CC(C)(Oc1ccc(S(=O)C(F)(F)F)cc1)C(=O)O. The molecular weight excluding hydrogens is 285 g/mol. The van der Waals surface area contributed by atoms with Crippen LogP contribution in [0.25, 0.3) is 0 Å². The molecule has 0 amide bonds. The third kappa shape index (κ3) is 3.95. The van der Waals surface area contributed by atoms with Crippen molar-refractivity contribution in [2.45, 2.75) is 29.9 Å². The highest BCUT2D eigenvalue weighted by Gasteiger charge is 2.38. The van der Waals surface area contributed by atoms with Crippen LogP contribution in [0.15, 0.2) is 29.2 Å². The largest absolute Gasteiger partial charge is 0.478 e. The van der Waals surface area contributed by atoms with E-state index in [9.17, 15) is 22.2 Å². The Labute approximate surface area is 109 Å². The predicted octanol–water partition coefficient (Wildman–Crippen LogP) is 2.56. The van der Waals surface area contributed by atoms with Gasteiger partial charge in [0.25, 0.3) is 0 Å². The molecule has 0 aliphatic heterocycles. The summed E-state index contributed by atoms with van der Waals surface area (Å²) in [6.07, 6.45) is 0. The van der Waals surface area contributed by atoms with E-state index in [4.69, 9.17) is 9.84 Å². The first kappa shape index (κ1) is 15.5. The molecule has 0 radical (unpaired) electrons. The first-order valence-corrected chi connectivity index (χ1v) is 6.20. The molecule has 0 aliphatic rings. The maximum absolute atomic E-state index is 12.2. The van der Waals surface area contributed by atoms with E-state index in [1.165, 1.54) is 13.8 Å². The Hall–Kier alpha value is -1.57. The van der Waals surface area contributed by atoms with Crippen LogP contribution in [0.1, 0.15) is 13.8 Å². The second kappa shape index (κ2) is 5.20. The molecule has 0 bridgehead atoms. The third-order valence-corrected chi connectivity index (χ3v) is 3.26. The summed E-state index contributed by atoms with van der Waals surface area (Å²) < 4.78 is 52.7. The Bertz CT molecular complexity index is 494. The van der Waals surface area contributed by atoms with E-state index in [0.717, 1.165) is 24.3 Å². The van der Waals surface area contributed by atoms with Gasteiger partial charge in [-0.3, -0.25) is 0 Å². The highest BCUT2D eigenvalue weighted by Crippen LogP contribution is 2.28. The second-order valence-corrected chi connectivity index (χ2v) is 5.58. The van der Waals surface area contributed by atoms with E-state index in [2.05, 4.69) is 0 Å². The minimum Gasteiger partial charge on any atom is -0.478 e. The Morgan fingerprint density at radius 3 is 2.05 bits per heavy atom. The van der Waals surface area contributed by atoms with Gasteiger partial charge in [-0.1, -0.05) is 0 Å². The third-order valence-electron chi connectivity index (χ3n) is 2.14. The van der Waals surface area contributed by atoms with Gasteiger partial charge in [0, 0.05) is 4.90 Å². The standard InChI is InChI=1S/C11H11F3O4S/c1-10(2,9(15)16)18-7-3-5-8(6-4-7)19(17)11(12,13)14/h3-6H,1-2H3,(H,15,16). The number of rotatable bonds is 4. The molecule has 8 heteroatoms. The molecule has 0 saturated heterocycles. The van der Waals surface area contributed by atoms with Crippen LogP contribution in [0.2, 0.25) is 0 Å². The summed E-state index contributed by atoms with van der Waals surface area (Å²) >= 11 is 0. The average Bonchev–Trinajstić information content (AvgIpc) is 2.27. The molecule has 1 rings (SSSR count). The van der Waals surface area contributed by atoms with E-state index in [1.807, 2.05) is 0 Å². The van der Waals surface area contributed by atoms with Crippen LogP contribution in [-0.4, -0.2) is 26.4 Å². The molecule has 1 N–H and O–H groups in total. The molecule has 1 unspecified atom stereocenters. The van der Waals surface area contributed by atoms with Crippen molar-refractivity contribution in [3.8, 4) is 5.75 Å². The summed E-state index contributed by atoms with van der Waals surface area (Å²) in [4.78, 5) is 10.4. The van der Waals surface area contributed by atoms with Crippen LogP contribution in [-0.2, 0) is 15.6 Å². The van der Waals surface area contributed by atoms with Gasteiger partial charge in [-0.25, -0.2) is 9.00 Å². The lowest BCUT2D eigenvalue weighted by atomic mass is 10.1. The number of alkyl halides is 3. The van der Waals surface area contributed by atoms with Crippen molar-refractivity contribution in [3.05, 3.63) is 24.3 Å². The summed E-state index contributed by atoms with van der Waals surface area (Å²) in [5.41, 5.74) is -6.34. The highest BCUT2D eigenvalue weighted by molar-refractivity contribution is 7.86. The van der Waals surface area contributed by atoms with Gasteiger partial charge in [0.1, 0.15) is 5.75 Å². The lowest BCUT2D eigenvalue weighted by Gasteiger charge is -2.21. The number of aliphatic carboxylic acids is 1. The zero-order valence-electron chi connectivity index (χ0n) is 10.0. The summed E-state index contributed by atoms with van der Waals surface area (Å²) in [6, 6.07) is 4.25. The van der Waals surface area contributed by atoms with Gasteiger partial charge in [0.05, 0.1) is 0 Å². The minimum atomic E-state index is -4.83. The van der Waals surface area contributed by atoms with Crippen LogP contribution < -0.4 is 4.74 Å². The Morgan fingerprint density at radius 1 is 1.21 bits per heavy atom. The minimum absolute atomic E-state index is 0.0790. The zero-order chi connectivity index (χ0) is 14.8. The maximum atomic E-state index is 12.2. The number of hydrogen-bond donors (Lipinski definition) is 1. The topological polar surface area (TPSA) is 63.6 Å². The average molecular weight is 296 g/mol.